The van der Waals surface area contributed by atoms with Gasteiger partial charge in [-0.2, -0.15) is 0 Å². The molecular weight excluding hydrogens is 550 g/mol. The molecule has 0 unspecified atom stereocenters. The van der Waals surface area contributed by atoms with Crippen molar-refractivity contribution in [1.29, 1.82) is 0 Å². The van der Waals surface area contributed by atoms with Gasteiger partial charge in [0, 0.05) is 57.1 Å². The normalized spacial score (nSPS) is 13.6. The van der Waals surface area contributed by atoms with E-state index >= 15 is 0 Å². The van der Waals surface area contributed by atoms with Crippen molar-refractivity contribution in [2.24, 2.45) is 0 Å². The van der Waals surface area contributed by atoms with E-state index < -0.39 is 0 Å². The van der Waals surface area contributed by atoms with Crippen LogP contribution in [0, 0.1) is 0 Å². The van der Waals surface area contributed by atoms with E-state index in [1.807, 2.05) is 25.4 Å². The Morgan fingerprint density at radius 2 is 1.56 bits per heavy atom. The summed E-state index contributed by atoms with van der Waals surface area (Å²) >= 11 is 0. The van der Waals surface area contributed by atoms with Crippen LogP contribution < -0.4 is 0 Å². The molecule has 0 saturated carbocycles. The van der Waals surface area contributed by atoms with Gasteiger partial charge in [-0.3, -0.25) is 9.13 Å². The van der Waals surface area contributed by atoms with Gasteiger partial charge < -0.3 is 0 Å². The highest BCUT2D eigenvalue weighted by atomic mass is 15.1. The average Bonchev–Trinajstić information content (AvgIpc) is 3.60. The summed E-state index contributed by atoms with van der Waals surface area (Å²) in [5, 5.41) is 2.42. The molecule has 5 heterocycles. The molecule has 0 atom stereocenters. The number of fused-ring (bicyclic) bond motifs is 4. The molecule has 6 aromatic rings. The summed E-state index contributed by atoms with van der Waals surface area (Å²) in [4.78, 5) is 15.3. The maximum absolute atomic E-state index is 5.17. The third-order valence-electron chi connectivity index (χ3n) is 9.06. The predicted molar refractivity (Wildman–Crippen MR) is 188 cm³/mol. The molecular formula is C40H39N5. The van der Waals surface area contributed by atoms with E-state index in [-0.39, 0.29) is 0 Å². The molecule has 45 heavy (non-hydrogen) atoms. The zero-order chi connectivity index (χ0) is 30.9. The van der Waals surface area contributed by atoms with Crippen molar-refractivity contribution < 1.29 is 0 Å². The average molecular weight is 590 g/mol. The Bertz CT molecular complexity index is 2110. The standard InChI is InChI=1S/C40H39N5/c1-5-15-29(16-6-2)44-37(8-4)31(7-3)33-23-27(25-41-39(33)44)35-20-14-21-36(43-35)28-24-34-32-19-12-13-22-38(32)45(40(34)42-26-28)30-17-10-9-11-18-30/h5-6,9-11,14-18,20-21,23-26H,1,7-8,12-13,19,22H2,2-4H3/b16-6-,29-15+. The van der Waals surface area contributed by atoms with Gasteiger partial charge in [-0.15, -0.1) is 0 Å². The SMILES string of the molecule is C=C/C=C(\C=C/C)n1c(CC)c(CC)c2cc(-c3cccc(-c4cnc5c(c4)c4c(n5-c5ccccc5)CCCC4)n3)cnc21. The van der Waals surface area contributed by atoms with E-state index in [0.29, 0.717) is 0 Å². The maximum atomic E-state index is 5.17. The Balaban J connectivity index is 1.33. The minimum absolute atomic E-state index is 0.911. The Morgan fingerprint density at radius 3 is 2.24 bits per heavy atom. The summed E-state index contributed by atoms with van der Waals surface area (Å²) in [5.41, 5.74) is 13.6. The van der Waals surface area contributed by atoms with Gasteiger partial charge >= 0.3 is 0 Å². The van der Waals surface area contributed by atoms with Crippen molar-refractivity contribution >= 4 is 27.8 Å². The van der Waals surface area contributed by atoms with E-state index in [2.05, 4.69) is 108 Å². The quantitative estimate of drug-likeness (QED) is 0.166. The second kappa shape index (κ2) is 12.2. The van der Waals surface area contributed by atoms with Crippen LogP contribution in [-0.4, -0.2) is 24.1 Å². The molecule has 1 aliphatic carbocycles. The molecule has 0 N–H and O–H groups in total. The van der Waals surface area contributed by atoms with Gasteiger partial charge in [-0.25, -0.2) is 15.0 Å². The Labute approximate surface area is 265 Å². The number of rotatable bonds is 8. The number of benzene rings is 1. The second-order valence-corrected chi connectivity index (χ2v) is 11.7. The van der Waals surface area contributed by atoms with Crippen molar-refractivity contribution in [3.05, 3.63) is 126 Å². The van der Waals surface area contributed by atoms with Gasteiger partial charge in [0.25, 0.3) is 0 Å². The van der Waals surface area contributed by atoms with Gasteiger partial charge in [0.15, 0.2) is 0 Å². The lowest BCUT2D eigenvalue weighted by molar-refractivity contribution is 0.666. The van der Waals surface area contributed by atoms with Crippen LogP contribution in [0.4, 0.5) is 0 Å². The highest BCUT2D eigenvalue weighted by Gasteiger charge is 2.23. The summed E-state index contributed by atoms with van der Waals surface area (Å²) in [6.45, 7) is 10.4. The van der Waals surface area contributed by atoms with Crippen LogP contribution in [0.25, 0.3) is 56.0 Å². The molecule has 0 saturated heterocycles. The van der Waals surface area contributed by atoms with Crippen LogP contribution >= 0.6 is 0 Å². The third kappa shape index (κ3) is 4.93. The summed E-state index contributed by atoms with van der Waals surface area (Å²) in [7, 11) is 0. The summed E-state index contributed by atoms with van der Waals surface area (Å²) < 4.78 is 4.65. The molecule has 0 radical (unpaired) electrons. The van der Waals surface area contributed by atoms with Gasteiger partial charge in [0.05, 0.1) is 11.4 Å². The topological polar surface area (TPSA) is 48.5 Å². The fourth-order valence-electron chi connectivity index (χ4n) is 7.12. The van der Waals surface area contributed by atoms with E-state index in [1.165, 1.54) is 51.8 Å². The monoisotopic (exact) mass is 589 g/mol. The molecule has 1 aliphatic rings. The molecule has 0 aliphatic heterocycles. The van der Waals surface area contributed by atoms with Crippen LogP contribution in [0.15, 0.2) is 104 Å². The summed E-state index contributed by atoms with van der Waals surface area (Å²) in [6, 6.07) is 21.5. The van der Waals surface area contributed by atoms with E-state index in [4.69, 9.17) is 15.0 Å². The number of hydrogen-bond donors (Lipinski definition) is 0. The fourth-order valence-corrected chi connectivity index (χ4v) is 7.12. The first-order valence-corrected chi connectivity index (χ1v) is 16.2. The van der Waals surface area contributed by atoms with Crippen LogP contribution in [-0.2, 0) is 25.7 Å². The number of para-hydroxylation sites is 1. The molecule has 224 valence electrons. The molecule has 7 rings (SSSR count). The fraction of sp³-hybridized carbons (Fsp3) is 0.225. The first kappa shape index (κ1) is 28.7. The van der Waals surface area contributed by atoms with Crippen molar-refractivity contribution in [3.63, 3.8) is 0 Å². The van der Waals surface area contributed by atoms with Gasteiger partial charge in [0.2, 0.25) is 0 Å². The minimum atomic E-state index is 0.911. The molecule has 0 fully saturated rings. The zero-order valence-electron chi connectivity index (χ0n) is 26.4. The molecule has 0 spiro atoms. The summed E-state index contributed by atoms with van der Waals surface area (Å²) in [5.74, 6) is 0. The number of pyridine rings is 3. The Morgan fingerprint density at radius 1 is 0.844 bits per heavy atom. The lowest BCUT2D eigenvalue weighted by atomic mass is 9.95. The number of aryl methyl sites for hydroxylation is 2. The van der Waals surface area contributed by atoms with Crippen LogP contribution in [0.3, 0.4) is 0 Å². The van der Waals surface area contributed by atoms with E-state index in [1.54, 1.807) is 0 Å². The van der Waals surface area contributed by atoms with Crippen LogP contribution in [0.5, 0.6) is 0 Å². The van der Waals surface area contributed by atoms with Crippen molar-refractivity contribution in [2.75, 3.05) is 0 Å². The molecule has 0 amide bonds. The lowest BCUT2D eigenvalue weighted by Gasteiger charge is -2.15. The number of nitrogens with zero attached hydrogens (tertiary/aromatic N) is 5. The largest absolute Gasteiger partial charge is 0.298 e. The second-order valence-electron chi connectivity index (χ2n) is 11.7. The molecule has 5 heteroatoms. The molecule has 5 aromatic heterocycles. The van der Waals surface area contributed by atoms with Gasteiger partial charge in [-0.1, -0.05) is 56.8 Å². The summed E-state index contributed by atoms with van der Waals surface area (Å²) in [6.07, 6.45) is 18.5. The van der Waals surface area contributed by atoms with Crippen molar-refractivity contribution in [2.45, 2.75) is 59.3 Å². The predicted octanol–water partition coefficient (Wildman–Crippen LogP) is 9.71. The first-order chi connectivity index (χ1) is 22.2. The lowest BCUT2D eigenvalue weighted by Crippen LogP contribution is -2.06. The van der Waals surface area contributed by atoms with E-state index in [9.17, 15) is 0 Å². The van der Waals surface area contributed by atoms with Crippen molar-refractivity contribution in [1.82, 2.24) is 24.1 Å². The first-order valence-electron chi connectivity index (χ1n) is 16.2. The highest BCUT2D eigenvalue weighted by Crippen LogP contribution is 2.36. The van der Waals surface area contributed by atoms with Gasteiger partial charge in [0.1, 0.15) is 11.3 Å². The minimum Gasteiger partial charge on any atom is -0.298 e. The van der Waals surface area contributed by atoms with E-state index in [0.717, 1.165) is 65.2 Å². The Hall–Kier alpha value is -5.03. The number of hydrogen-bond acceptors (Lipinski definition) is 3. The van der Waals surface area contributed by atoms with Gasteiger partial charge in [-0.05, 0) is 105 Å². The molecule has 0 bridgehead atoms. The highest BCUT2D eigenvalue weighted by molar-refractivity contribution is 5.91. The smallest absolute Gasteiger partial charge is 0.144 e. The molecule has 5 nitrogen and oxygen atoms in total. The maximum Gasteiger partial charge on any atom is 0.144 e. The van der Waals surface area contributed by atoms with Crippen molar-refractivity contribution in [3.8, 4) is 28.2 Å². The third-order valence-corrected chi connectivity index (χ3v) is 9.06. The zero-order valence-corrected chi connectivity index (χ0v) is 26.4. The number of allylic oxidation sites excluding steroid dienone is 5. The Kier molecular flexibility index (Phi) is 7.76. The van der Waals surface area contributed by atoms with Crippen LogP contribution in [0.2, 0.25) is 0 Å². The van der Waals surface area contributed by atoms with Crippen LogP contribution in [0.1, 0.15) is 56.1 Å². The molecule has 1 aromatic carbocycles. The number of aromatic nitrogens is 5.